The molecule has 0 aliphatic carbocycles. The molecule has 0 aliphatic rings. The van der Waals surface area contributed by atoms with E-state index in [1.54, 1.807) is 25.3 Å². The predicted octanol–water partition coefficient (Wildman–Crippen LogP) is 3.37. The highest BCUT2D eigenvalue weighted by Gasteiger charge is 2.11. The van der Waals surface area contributed by atoms with Gasteiger partial charge in [0.05, 0.1) is 12.7 Å². The van der Waals surface area contributed by atoms with Crippen LogP contribution in [-0.2, 0) is 0 Å². The first-order valence-electron chi connectivity index (χ1n) is 5.61. The van der Waals surface area contributed by atoms with Gasteiger partial charge in [0.25, 0.3) is 0 Å². The lowest BCUT2D eigenvalue weighted by Crippen LogP contribution is -1.99. The lowest BCUT2D eigenvalue weighted by molar-refractivity contribution is 0.0697. The minimum Gasteiger partial charge on any atom is -0.496 e. The van der Waals surface area contributed by atoms with Crippen LogP contribution in [0.5, 0.6) is 5.75 Å². The molecule has 0 atom stereocenters. The Morgan fingerprint density at radius 1 is 1.17 bits per heavy atom. The summed E-state index contributed by atoms with van der Waals surface area (Å²) in [5, 5.41) is 9.18. The second-order valence-corrected chi connectivity index (χ2v) is 4.04. The molecule has 92 valence electrons. The van der Waals surface area contributed by atoms with Crippen molar-refractivity contribution in [1.82, 2.24) is 0 Å². The number of rotatable bonds is 3. The molecular formula is C15H14O3. The van der Waals surface area contributed by atoms with Gasteiger partial charge in [-0.2, -0.15) is 0 Å². The summed E-state index contributed by atoms with van der Waals surface area (Å²) in [4.78, 5) is 11.2. The molecule has 0 aromatic heterocycles. The Kier molecular flexibility index (Phi) is 3.33. The molecule has 0 radical (unpaired) electrons. The summed E-state index contributed by atoms with van der Waals surface area (Å²) in [6, 6.07) is 12.6. The molecule has 0 amide bonds. The van der Waals surface area contributed by atoms with Crippen LogP contribution in [0.1, 0.15) is 15.9 Å². The summed E-state index contributed by atoms with van der Waals surface area (Å²) in [6.45, 7) is 1.95. The summed E-state index contributed by atoms with van der Waals surface area (Å²) in [7, 11) is 1.61. The van der Waals surface area contributed by atoms with Crippen molar-refractivity contribution in [3.8, 4) is 16.9 Å². The van der Waals surface area contributed by atoms with Crippen molar-refractivity contribution < 1.29 is 14.6 Å². The fourth-order valence-corrected chi connectivity index (χ4v) is 1.91. The first-order chi connectivity index (χ1) is 8.63. The van der Waals surface area contributed by atoms with Crippen LogP contribution < -0.4 is 4.74 Å². The van der Waals surface area contributed by atoms with Gasteiger partial charge in [-0.25, -0.2) is 4.79 Å². The van der Waals surface area contributed by atoms with Crippen LogP contribution >= 0.6 is 0 Å². The van der Waals surface area contributed by atoms with Crippen molar-refractivity contribution in [2.24, 2.45) is 0 Å². The number of hydrogen-bond donors (Lipinski definition) is 1. The van der Waals surface area contributed by atoms with Crippen molar-refractivity contribution in [2.45, 2.75) is 6.92 Å². The standard InChI is InChI=1S/C15H14O3/c1-10-7-8-11(9-14(10)18-2)12-5-3-4-6-13(12)15(16)17/h3-9H,1-2H3,(H,16,17). The van der Waals surface area contributed by atoms with E-state index in [1.165, 1.54) is 0 Å². The van der Waals surface area contributed by atoms with Gasteiger partial charge >= 0.3 is 5.97 Å². The SMILES string of the molecule is COc1cc(-c2ccccc2C(=O)O)ccc1C. The lowest BCUT2D eigenvalue weighted by atomic mass is 9.98. The molecule has 0 unspecified atom stereocenters. The van der Waals surface area contributed by atoms with Crippen molar-refractivity contribution in [3.63, 3.8) is 0 Å². The molecule has 2 rings (SSSR count). The van der Waals surface area contributed by atoms with Gasteiger partial charge in [-0.3, -0.25) is 0 Å². The molecule has 0 saturated carbocycles. The fourth-order valence-electron chi connectivity index (χ4n) is 1.91. The van der Waals surface area contributed by atoms with E-state index in [1.807, 2.05) is 31.2 Å². The third kappa shape index (κ3) is 2.20. The molecule has 18 heavy (non-hydrogen) atoms. The molecule has 3 nitrogen and oxygen atoms in total. The lowest BCUT2D eigenvalue weighted by Gasteiger charge is -2.10. The molecule has 0 bridgehead atoms. The monoisotopic (exact) mass is 242 g/mol. The zero-order valence-corrected chi connectivity index (χ0v) is 10.3. The third-order valence-corrected chi connectivity index (χ3v) is 2.88. The van der Waals surface area contributed by atoms with Crippen LogP contribution in [0.3, 0.4) is 0 Å². The minimum atomic E-state index is -0.926. The van der Waals surface area contributed by atoms with E-state index in [0.717, 1.165) is 16.9 Å². The number of carboxylic acid groups (broad SMARTS) is 1. The fraction of sp³-hybridized carbons (Fsp3) is 0.133. The van der Waals surface area contributed by atoms with E-state index in [4.69, 9.17) is 4.74 Å². The minimum absolute atomic E-state index is 0.295. The van der Waals surface area contributed by atoms with Gasteiger partial charge in [-0.05, 0) is 35.7 Å². The molecule has 0 aliphatic heterocycles. The highest BCUT2D eigenvalue weighted by atomic mass is 16.5. The molecule has 0 spiro atoms. The van der Waals surface area contributed by atoms with Crippen LogP contribution in [0.4, 0.5) is 0 Å². The van der Waals surface area contributed by atoms with Gasteiger partial charge in [-0.1, -0.05) is 30.3 Å². The van der Waals surface area contributed by atoms with Gasteiger partial charge in [0.15, 0.2) is 0 Å². The summed E-state index contributed by atoms with van der Waals surface area (Å²) >= 11 is 0. The van der Waals surface area contributed by atoms with Crippen LogP contribution in [0.25, 0.3) is 11.1 Å². The number of carbonyl (C=O) groups is 1. The van der Waals surface area contributed by atoms with Gasteiger partial charge < -0.3 is 9.84 Å². The normalized spacial score (nSPS) is 10.1. The average molecular weight is 242 g/mol. The Labute approximate surface area is 106 Å². The van der Waals surface area contributed by atoms with Crippen molar-refractivity contribution in [2.75, 3.05) is 7.11 Å². The average Bonchev–Trinajstić information content (AvgIpc) is 2.39. The summed E-state index contributed by atoms with van der Waals surface area (Å²) in [5.41, 5.74) is 2.86. The van der Waals surface area contributed by atoms with Crippen molar-refractivity contribution >= 4 is 5.97 Å². The van der Waals surface area contributed by atoms with Crippen LogP contribution in [0, 0.1) is 6.92 Å². The zero-order valence-electron chi connectivity index (χ0n) is 10.3. The second-order valence-electron chi connectivity index (χ2n) is 4.04. The van der Waals surface area contributed by atoms with Gasteiger partial charge in [0.1, 0.15) is 5.75 Å². The first kappa shape index (κ1) is 12.2. The smallest absolute Gasteiger partial charge is 0.336 e. The summed E-state index contributed by atoms with van der Waals surface area (Å²) in [5.74, 6) is -0.169. The van der Waals surface area contributed by atoms with Crippen LogP contribution in [0.15, 0.2) is 42.5 Å². The van der Waals surface area contributed by atoms with Crippen LogP contribution in [-0.4, -0.2) is 18.2 Å². The topological polar surface area (TPSA) is 46.5 Å². The Hall–Kier alpha value is -2.29. The predicted molar refractivity (Wildman–Crippen MR) is 70.1 cm³/mol. The Balaban J connectivity index is 2.58. The number of carboxylic acids is 1. The Bertz CT molecular complexity index is 588. The third-order valence-electron chi connectivity index (χ3n) is 2.88. The van der Waals surface area contributed by atoms with Gasteiger partial charge in [0, 0.05) is 0 Å². The molecule has 1 N–H and O–H groups in total. The molecule has 2 aromatic rings. The molecule has 0 fully saturated rings. The number of aromatic carboxylic acids is 1. The Morgan fingerprint density at radius 3 is 2.56 bits per heavy atom. The van der Waals surface area contributed by atoms with Gasteiger partial charge in [0.2, 0.25) is 0 Å². The maximum Gasteiger partial charge on any atom is 0.336 e. The van der Waals surface area contributed by atoms with Crippen molar-refractivity contribution in [3.05, 3.63) is 53.6 Å². The number of hydrogen-bond acceptors (Lipinski definition) is 2. The van der Waals surface area contributed by atoms with Gasteiger partial charge in [-0.15, -0.1) is 0 Å². The van der Waals surface area contributed by atoms with Crippen LogP contribution in [0.2, 0.25) is 0 Å². The zero-order chi connectivity index (χ0) is 13.1. The largest absolute Gasteiger partial charge is 0.496 e. The number of aryl methyl sites for hydroxylation is 1. The van der Waals surface area contributed by atoms with Crippen molar-refractivity contribution in [1.29, 1.82) is 0 Å². The number of benzene rings is 2. The molecule has 0 saturated heterocycles. The maximum absolute atomic E-state index is 11.2. The van der Waals surface area contributed by atoms with E-state index >= 15 is 0 Å². The highest BCUT2D eigenvalue weighted by molar-refractivity contribution is 5.96. The van der Waals surface area contributed by atoms with E-state index in [-0.39, 0.29) is 0 Å². The Morgan fingerprint density at radius 2 is 1.89 bits per heavy atom. The number of methoxy groups -OCH3 is 1. The number of ether oxygens (including phenoxy) is 1. The first-order valence-corrected chi connectivity index (χ1v) is 5.61. The summed E-state index contributed by atoms with van der Waals surface area (Å²) in [6.07, 6.45) is 0. The molecular weight excluding hydrogens is 228 g/mol. The van der Waals surface area contributed by atoms with E-state index in [9.17, 15) is 9.90 Å². The van der Waals surface area contributed by atoms with E-state index in [2.05, 4.69) is 0 Å². The second kappa shape index (κ2) is 4.92. The highest BCUT2D eigenvalue weighted by Crippen LogP contribution is 2.29. The quantitative estimate of drug-likeness (QED) is 0.897. The van der Waals surface area contributed by atoms with E-state index < -0.39 is 5.97 Å². The van der Waals surface area contributed by atoms with E-state index in [0.29, 0.717) is 11.1 Å². The maximum atomic E-state index is 11.2. The summed E-state index contributed by atoms with van der Waals surface area (Å²) < 4.78 is 5.26. The molecule has 3 heteroatoms. The molecule has 0 heterocycles. The molecule has 2 aromatic carbocycles.